The molecule has 1 saturated heterocycles. The Morgan fingerprint density at radius 2 is 1.87 bits per heavy atom. The number of ether oxygens (including phenoxy) is 2. The second kappa shape index (κ2) is 7.14. The van der Waals surface area contributed by atoms with Crippen molar-refractivity contribution in [2.24, 2.45) is 0 Å². The van der Waals surface area contributed by atoms with Gasteiger partial charge in [0.15, 0.2) is 0 Å². The number of anilines is 1. The Balaban J connectivity index is 1.62. The van der Waals surface area contributed by atoms with E-state index in [1.165, 1.54) is 0 Å². The van der Waals surface area contributed by atoms with E-state index in [0.29, 0.717) is 0 Å². The molecule has 0 amide bonds. The molecule has 124 valence electrons. The van der Waals surface area contributed by atoms with Crippen LogP contribution in [0.3, 0.4) is 0 Å². The normalized spacial score (nSPS) is 15.7. The second-order valence-corrected chi connectivity index (χ2v) is 6.70. The summed E-state index contributed by atoms with van der Waals surface area (Å²) < 4.78 is 10.8. The standard InChI is InChI=1S/C16H22N4O2S/c1-12-17-18-16(23-12)20-8-6-19(7-9-20)11-13-10-14(21-2)4-5-15(13)22-3/h4-5,10H,6-9,11H2,1-3H3. The van der Waals surface area contributed by atoms with Crippen molar-refractivity contribution < 1.29 is 9.47 Å². The van der Waals surface area contributed by atoms with Crippen LogP contribution in [-0.4, -0.2) is 55.5 Å². The van der Waals surface area contributed by atoms with Gasteiger partial charge in [0.25, 0.3) is 0 Å². The van der Waals surface area contributed by atoms with Crippen LogP contribution >= 0.6 is 11.3 Å². The molecule has 23 heavy (non-hydrogen) atoms. The number of benzene rings is 1. The van der Waals surface area contributed by atoms with Gasteiger partial charge in [-0.3, -0.25) is 4.90 Å². The van der Waals surface area contributed by atoms with Gasteiger partial charge in [-0.2, -0.15) is 0 Å². The summed E-state index contributed by atoms with van der Waals surface area (Å²) in [5.74, 6) is 1.77. The molecule has 0 atom stereocenters. The minimum Gasteiger partial charge on any atom is -0.497 e. The summed E-state index contributed by atoms with van der Waals surface area (Å²) in [5, 5.41) is 10.4. The monoisotopic (exact) mass is 334 g/mol. The van der Waals surface area contributed by atoms with Gasteiger partial charge in [-0.15, -0.1) is 10.2 Å². The summed E-state index contributed by atoms with van der Waals surface area (Å²) in [6, 6.07) is 5.95. The molecule has 1 fully saturated rings. The van der Waals surface area contributed by atoms with Crippen LogP contribution in [0.5, 0.6) is 11.5 Å². The van der Waals surface area contributed by atoms with E-state index < -0.39 is 0 Å². The molecule has 0 aliphatic carbocycles. The fourth-order valence-electron chi connectivity index (χ4n) is 2.76. The van der Waals surface area contributed by atoms with Crippen molar-refractivity contribution in [1.29, 1.82) is 0 Å². The van der Waals surface area contributed by atoms with Gasteiger partial charge < -0.3 is 14.4 Å². The van der Waals surface area contributed by atoms with Crippen LogP contribution in [0.15, 0.2) is 18.2 Å². The van der Waals surface area contributed by atoms with Crippen molar-refractivity contribution in [3.8, 4) is 11.5 Å². The van der Waals surface area contributed by atoms with Gasteiger partial charge in [0.1, 0.15) is 16.5 Å². The van der Waals surface area contributed by atoms with Crippen molar-refractivity contribution in [3.05, 3.63) is 28.8 Å². The SMILES string of the molecule is COc1ccc(OC)c(CN2CCN(c3nnc(C)s3)CC2)c1. The molecule has 1 aliphatic rings. The molecule has 1 aliphatic heterocycles. The minimum absolute atomic E-state index is 0.864. The van der Waals surface area contributed by atoms with Gasteiger partial charge in [0.05, 0.1) is 14.2 Å². The maximum atomic E-state index is 5.47. The van der Waals surface area contributed by atoms with Crippen LogP contribution in [0.25, 0.3) is 0 Å². The number of hydrogen-bond acceptors (Lipinski definition) is 7. The molecule has 0 radical (unpaired) electrons. The van der Waals surface area contributed by atoms with E-state index in [2.05, 4.69) is 26.1 Å². The molecule has 0 saturated carbocycles. The number of methoxy groups -OCH3 is 2. The predicted molar refractivity (Wildman–Crippen MR) is 91.7 cm³/mol. The highest BCUT2D eigenvalue weighted by Gasteiger charge is 2.20. The second-order valence-electron chi connectivity index (χ2n) is 5.54. The average molecular weight is 334 g/mol. The Morgan fingerprint density at radius 1 is 1.09 bits per heavy atom. The largest absolute Gasteiger partial charge is 0.497 e. The molecule has 0 unspecified atom stereocenters. The van der Waals surface area contributed by atoms with Crippen molar-refractivity contribution in [2.45, 2.75) is 13.5 Å². The van der Waals surface area contributed by atoms with Crippen LogP contribution in [0, 0.1) is 6.92 Å². The highest BCUT2D eigenvalue weighted by Crippen LogP contribution is 2.26. The first-order valence-electron chi connectivity index (χ1n) is 7.68. The molecule has 0 N–H and O–H groups in total. The molecule has 0 spiro atoms. The Bertz CT molecular complexity index is 653. The zero-order chi connectivity index (χ0) is 16.2. The van der Waals surface area contributed by atoms with E-state index in [9.17, 15) is 0 Å². The first-order chi connectivity index (χ1) is 11.2. The molecule has 7 heteroatoms. The lowest BCUT2D eigenvalue weighted by atomic mass is 10.1. The maximum absolute atomic E-state index is 5.47. The Morgan fingerprint density at radius 3 is 2.48 bits per heavy atom. The van der Waals surface area contributed by atoms with Crippen LogP contribution in [0.2, 0.25) is 0 Å². The van der Waals surface area contributed by atoms with E-state index in [-0.39, 0.29) is 0 Å². The van der Waals surface area contributed by atoms with E-state index in [0.717, 1.165) is 59.9 Å². The third kappa shape index (κ3) is 3.73. The first kappa shape index (κ1) is 16.0. The third-order valence-electron chi connectivity index (χ3n) is 4.04. The molecule has 6 nitrogen and oxygen atoms in total. The maximum Gasteiger partial charge on any atom is 0.208 e. The molecule has 2 aromatic rings. The fourth-order valence-corrected chi connectivity index (χ4v) is 3.50. The number of nitrogens with zero attached hydrogens (tertiary/aromatic N) is 4. The molecule has 1 aromatic heterocycles. The summed E-state index contributed by atoms with van der Waals surface area (Å²) in [4.78, 5) is 4.74. The summed E-state index contributed by atoms with van der Waals surface area (Å²) in [6.07, 6.45) is 0. The van der Waals surface area contributed by atoms with Gasteiger partial charge in [0.2, 0.25) is 5.13 Å². The quantitative estimate of drug-likeness (QED) is 0.835. The number of aromatic nitrogens is 2. The lowest BCUT2D eigenvalue weighted by molar-refractivity contribution is 0.245. The molecule has 1 aromatic carbocycles. The molecule has 0 bridgehead atoms. The van der Waals surface area contributed by atoms with Gasteiger partial charge in [0, 0.05) is 38.3 Å². The summed E-state index contributed by atoms with van der Waals surface area (Å²) in [6.45, 7) is 6.80. The van der Waals surface area contributed by atoms with Gasteiger partial charge in [-0.05, 0) is 25.1 Å². The topological polar surface area (TPSA) is 50.7 Å². The Hall–Kier alpha value is -1.86. The Kier molecular flexibility index (Phi) is 4.97. The van der Waals surface area contributed by atoms with Crippen molar-refractivity contribution in [2.75, 3.05) is 45.3 Å². The number of hydrogen-bond donors (Lipinski definition) is 0. The molecule has 2 heterocycles. The zero-order valence-electron chi connectivity index (χ0n) is 13.8. The fraction of sp³-hybridized carbons (Fsp3) is 0.500. The van der Waals surface area contributed by atoms with Crippen LogP contribution in [0.4, 0.5) is 5.13 Å². The smallest absolute Gasteiger partial charge is 0.208 e. The van der Waals surface area contributed by atoms with E-state index in [1.807, 2.05) is 19.1 Å². The molecular formula is C16H22N4O2S. The highest BCUT2D eigenvalue weighted by atomic mass is 32.1. The minimum atomic E-state index is 0.864. The molecular weight excluding hydrogens is 312 g/mol. The number of aryl methyl sites for hydroxylation is 1. The lowest BCUT2D eigenvalue weighted by Gasteiger charge is -2.34. The van der Waals surface area contributed by atoms with E-state index in [1.54, 1.807) is 25.6 Å². The van der Waals surface area contributed by atoms with Gasteiger partial charge in [-0.25, -0.2) is 0 Å². The van der Waals surface area contributed by atoms with Crippen LogP contribution < -0.4 is 14.4 Å². The van der Waals surface area contributed by atoms with Crippen LogP contribution in [0.1, 0.15) is 10.6 Å². The van der Waals surface area contributed by atoms with E-state index in [4.69, 9.17) is 9.47 Å². The highest BCUT2D eigenvalue weighted by molar-refractivity contribution is 7.15. The average Bonchev–Trinajstić information content (AvgIpc) is 3.02. The first-order valence-corrected chi connectivity index (χ1v) is 8.49. The Labute approximate surface area is 140 Å². The van der Waals surface area contributed by atoms with E-state index >= 15 is 0 Å². The molecule has 3 rings (SSSR count). The van der Waals surface area contributed by atoms with Crippen molar-refractivity contribution in [1.82, 2.24) is 15.1 Å². The summed E-state index contributed by atoms with van der Waals surface area (Å²) in [7, 11) is 3.40. The van der Waals surface area contributed by atoms with Gasteiger partial charge in [-0.1, -0.05) is 11.3 Å². The predicted octanol–water partition coefficient (Wildman–Crippen LogP) is 2.19. The van der Waals surface area contributed by atoms with Crippen molar-refractivity contribution in [3.63, 3.8) is 0 Å². The van der Waals surface area contributed by atoms with Crippen molar-refractivity contribution >= 4 is 16.5 Å². The zero-order valence-corrected chi connectivity index (χ0v) is 14.6. The third-order valence-corrected chi connectivity index (χ3v) is 4.94. The lowest BCUT2D eigenvalue weighted by Crippen LogP contribution is -2.46. The van der Waals surface area contributed by atoms with Gasteiger partial charge >= 0.3 is 0 Å². The number of piperazine rings is 1. The van der Waals surface area contributed by atoms with Crippen LogP contribution in [-0.2, 0) is 6.54 Å². The summed E-state index contributed by atoms with van der Waals surface area (Å²) >= 11 is 1.66. The number of rotatable bonds is 5. The summed E-state index contributed by atoms with van der Waals surface area (Å²) in [5.41, 5.74) is 1.16.